The number of carbonyl (C=O) groups is 1. The van der Waals surface area contributed by atoms with E-state index in [4.69, 9.17) is 23.2 Å². The molecular formula is C12H12Cl2N2O. The average molecular weight is 271 g/mol. The van der Waals surface area contributed by atoms with Crippen molar-refractivity contribution >= 4 is 29.1 Å². The Labute approximate surface area is 110 Å². The summed E-state index contributed by atoms with van der Waals surface area (Å²) in [6.07, 6.45) is 0. The van der Waals surface area contributed by atoms with Crippen LogP contribution in [0.15, 0.2) is 34.3 Å². The van der Waals surface area contributed by atoms with Gasteiger partial charge in [0.05, 0.1) is 11.6 Å². The van der Waals surface area contributed by atoms with Gasteiger partial charge in [-0.2, -0.15) is 0 Å². The molecule has 90 valence electrons. The number of hydrogen-bond acceptors (Lipinski definition) is 2. The highest BCUT2D eigenvalue weighted by atomic mass is 35.5. The van der Waals surface area contributed by atoms with Crippen molar-refractivity contribution in [3.8, 4) is 0 Å². The third-order valence-electron chi connectivity index (χ3n) is 2.52. The van der Waals surface area contributed by atoms with Crippen molar-refractivity contribution in [3.63, 3.8) is 0 Å². The molecule has 0 atom stereocenters. The zero-order chi connectivity index (χ0) is 12.4. The molecule has 1 N–H and O–H groups in total. The molecule has 2 rings (SSSR count). The number of aryl methyl sites for hydroxylation is 1. The Hall–Kier alpha value is -1.03. The van der Waals surface area contributed by atoms with E-state index in [2.05, 4.69) is 5.43 Å². The fraction of sp³-hybridized carbons (Fsp3) is 0.250. The van der Waals surface area contributed by atoms with Crippen molar-refractivity contribution in [2.45, 2.75) is 13.5 Å². The maximum absolute atomic E-state index is 11.4. The molecule has 0 aromatic heterocycles. The molecule has 0 spiro atoms. The standard InChI is InChI=1S/C12H12Cl2N2O/c1-8-2-4-9(5-3-8)6-16-7-10(13)11(14)12(17)15-16/h2-5H,6-7H2,1H3,(H,15,17). The Morgan fingerprint density at radius 2 is 1.94 bits per heavy atom. The fourth-order valence-electron chi connectivity index (χ4n) is 1.60. The average Bonchev–Trinajstić information content (AvgIpc) is 2.29. The third-order valence-corrected chi connectivity index (χ3v) is 3.33. The summed E-state index contributed by atoms with van der Waals surface area (Å²) >= 11 is 11.6. The number of rotatable bonds is 2. The number of nitrogens with zero attached hydrogens (tertiary/aromatic N) is 1. The third kappa shape index (κ3) is 3.00. The molecule has 17 heavy (non-hydrogen) atoms. The van der Waals surface area contributed by atoms with Crippen LogP contribution in [0.5, 0.6) is 0 Å². The van der Waals surface area contributed by atoms with E-state index in [1.165, 1.54) is 5.56 Å². The summed E-state index contributed by atoms with van der Waals surface area (Å²) in [6, 6.07) is 8.11. The van der Waals surface area contributed by atoms with Crippen molar-refractivity contribution in [2.75, 3.05) is 6.54 Å². The SMILES string of the molecule is Cc1ccc(CN2CC(Cl)=C(Cl)C(=O)N2)cc1. The van der Waals surface area contributed by atoms with Gasteiger partial charge in [0.15, 0.2) is 0 Å². The van der Waals surface area contributed by atoms with E-state index >= 15 is 0 Å². The smallest absolute Gasteiger partial charge is 0.278 e. The highest BCUT2D eigenvalue weighted by Crippen LogP contribution is 2.20. The quantitative estimate of drug-likeness (QED) is 0.896. The lowest BCUT2D eigenvalue weighted by atomic mass is 10.1. The molecule has 1 amide bonds. The number of hydrogen-bond donors (Lipinski definition) is 1. The molecule has 0 saturated carbocycles. The Bertz CT molecular complexity index is 468. The van der Waals surface area contributed by atoms with Crippen LogP contribution >= 0.6 is 23.2 Å². The van der Waals surface area contributed by atoms with Crippen LogP contribution in [0, 0.1) is 6.92 Å². The number of halogens is 2. The minimum absolute atomic E-state index is 0.0758. The Morgan fingerprint density at radius 3 is 2.53 bits per heavy atom. The first-order valence-corrected chi connectivity index (χ1v) is 5.97. The maximum Gasteiger partial charge on any atom is 0.278 e. The van der Waals surface area contributed by atoms with Gasteiger partial charge in [0, 0.05) is 6.54 Å². The van der Waals surface area contributed by atoms with Gasteiger partial charge in [-0.1, -0.05) is 53.0 Å². The van der Waals surface area contributed by atoms with Crippen LogP contribution in [0.25, 0.3) is 0 Å². The monoisotopic (exact) mass is 270 g/mol. The van der Waals surface area contributed by atoms with Gasteiger partial charge in [0.1, 0.15) is 5.03 Å². The van der Waals surface area contributed by atoms with Crippen molar-refractivity contribution in [1.29, 1.82) is 0 Å². The summed E-state index contributed by atoms with van der Waals surface area (Å²) < 4.78 is 0. The molecule has 1 aromatic carbocycles. The van der Waals surface area contributed by atoms with E-state index in [1.54, 1.807) is 5.01 Å². The largest absolute Gasteiger partial charge is 0.283 e. The minimum Gasteiger partial charge on any atom is -0.283 e. The highest BCUT2D eigenvalue weighted by Gasteiger charge is 2.22. The normalized spacial score (nSPS) is 17.2. The zero-order valence-corrected chi connectivity index (χ0v) is 10.8. The van der Waals surface area contributed by atoms with Gasteiger partial charge < -0.3 is 0 Å². The van der Waals surface area contributed by atoms with Crippen LogP contribution in [0.4, 0.5) is 0 Å². The molecule has 1 aromatic rings. The lowest BCUT2D eigenvalue weighted by molar-refractivity contribution is -0.122. The van der Waals surface area contributed by atoms with E-state index in [0.717, 1.165) is 5.56 Å². The second-order valence-electron chi connectivity index (χ2n) is 4.00. The molecule has 1 aliphatic heterocycles. The Morgan fingerprint density at radius 1 is 1.29 bits per heavy atom. The molecule has 0 fully saturated rings. The number of hydrazine groups is 1. The van der Waals surface area contributed by atoms with Crippen LogP contribution in [0.2, 0.25) is 0 Å². The predicted octanol–water partition coefficient (Wildman–Crippen LogP) is 2.53. The first-order chi connectivity index (χ1) is 8.06. The van der Waals surface area contributed by atoms with Crippen LogP contribution in [0.3, 0.4) is 0 Å². The molecule has 0 saturated heterocycles. The molecule has 1 aliphatic rings. The summed E-state index contributed by atoms with van der Waals surface area (Å²) in [7, 11) is 0. The van der Waals surface area contributed by atoms with E-state index < -0.39 is 0 Å². The fourth-order valence-corrected chi connectivity index (χ4v) is 1.93. The van der Waals surface area contributed by atoms with Crippen molar-refractivity contribution in [2.24, 2.45) is 0 Å². The van der Waals surface area contributed by atoms with Crippen LogP contribution < -0.4 is 5.43 Å². The summed E-state index contributed by atoms with van der Waals surface area (Å²) in [5, 5.41) is 2.19. The van der Waals surface area contributed by atoms with Crippen LogP contribution in [-0.2, 0) is 11.3 Å². The molecule has 0 bridgehead atoms. The summed E-state index contributed by atoms with van der Waals surface area (Å²) in [4.78, 5) is 11.4. The van der Waals surface area contributed by atoms with E-state index in [9.17, 15) is 4.79 Å². The Balaban J connectivity index is 2.07. The van der Waals surface area contributed by atoms with E-state index in [0.29, 0.717) is 18.1 Å². The van der Waals surface area contributed by atoms with Crippen LogP contribution in [-0.4, -0.2) is 17.5 Å². The lowest BCUT2D eigenvalue weighted by Crippen LogP contribution is -2.46. The molecular weight excluding hydrogens is 259 g/mol. The van der Waals surface area contributed by atoms with E-state index in [-0.39, 0.29) is 10.9 Å². The van der Waals surface area contributed by atoms with Crippen molar-refractivity contribution in [3.05, 3.63) is 45.5 Å². The van der Waals surface area contributed by atoms with Gasteiger partial charge in [-0.05, 0) is 12.5 Å². The zero-order valence-electron chi connectivity index (χ0n) is 9.34. The Kier molecular flexibility index (Phi) is 3.72. The second-order valence-corrected chi connectivity index (χ2v) is 4.84. The summed E-state index contributed by atoms with van der Waals surface area (Å²) in [5.41, 5.74) is 5.00. The van der Waals surface area contributed by atoms with Gasteiger partial charge in [-0.15, -0.1) is 0 Å². The van der Waals surface area contributed by atoms with Gasteiger partial charge >= 0.3 is 0 Å². The molecule has 0 radical (unpaired) electrons. The highest BCUT2D eigenvalue weighted by molar-refractivity contribution is 6.48. The van der Waals surface area contributed by atoms with E-state index in [1.807, 2.05) is 31.2 Å². The molecule has 1 heterocycles. The molecule has 0 aliphatic carbocycles. The van der Waals surface area contributed by atoms with Crippen molar-refractivity contribution in [1.82, 2.24) is 10.4 Å². The molecule has 0 unspecified atom stereocenters. The first kappa shape index (κ1) is 12.4. The maximum atomic E-state index is 11.4. The lowest BCUT2D eigenvalue weighted by Gasteiger charge is -2.27. The van der Waals surface area contributed by atoms with Gasteiger partial charge in [0.25, 0.3) is 5.91 Å². The second kappa shape index (κ2) is 5.08. The van der Waals surface area contributed by atoms with Gasteiger partial charge in [0.2, 0.25) is 0 Å². The topological polar surface area (TPSA) is 32.3 Å². The number of nitrogens with one attached hydrogen (secondary N) is 1. The molecule has 3 nitrogen and oxygen atoms in total. The number of carbonyl (C=O) groups excluding carboxylic acids is 1. The number of amides is 1. The first-order valence-electron chi connectivity index (χ1n) is 5.22. The van der Waals surface area contributed by atoms with Crippen molar-refractivity contribution < 1.29 is 4.79 Å². The summed E-state index contributed by atoms with van der Waals surface area (Å²) in [6.45, 7) is 3.07. The molecule has 5 heteroatoms. The predicted molar refractivity (Wildman–Crippen MR) is 68.5 cm³/mol. The summed E-state index contributed by atoms with van der Waals surface area (Å²) in [5.74, 6) is -0.352. The van der Waals surface area contributed by atoms with Gasteiger partial charge in [-0.25, -0.2) is 5.01 Å². The van der Waals surface area contributed by atoms with Crippen LogP contribution in [0.1, 0.15) is 11.1 Å². The number of benzene rings is 1. The van der Waals surface area contributed by atoms with Gasteiger partial charge in [-0.3, -0.25) is 10.2 Å². The minimum atomic E-state index is -0.352.